The third-order valence-electron chi connectivity index (χ3n) is 14.3. The molecule has 11 aromatic rings. The van der Waals surface area contributed by atoms with Crippen molar-refractivity contribution < 1.29 is 0 Å². The predicted octanol–water partition coefficient (Wildman–Crippen LogP) is 16.8. The maximum Gasteiger partial charge on any atom is 0.0734 e. The van der Waals surface area contributed by atoms with E-state index in [1.165, 1.54) is 88.0 Å². The number of hydrogen-bond acceptors (Lipinski definition) is 2. The maximum atomic E-state index is 2.60. The quantitative estimate of drug-likeness (QED) is 0.147. The molecule has 0 saturated carbocycles. The van der Waals surface area contributed by atoms with Crippen LogP contribution in [0.3, 0.4) is 0 Å². The van der Waals surface area contributed by atoms with Crippen molar-refractivity contribution in [3.05, 3.63) is 305 Å². The second kappa shape index (κ2) is 15.3. The normalized spacial score (nSPS) is 13.7. The van der Waals surface area contributed by atoms with Gasteiger partial charge in [-0.25, -0.2) is 0 Å². The van der Waals surface area contributed by atoms with Crippen molar-refractivity contribution in [3.63, 3.8) is 0 Å². The van der Waals surface area contributed by atoms with Crippen LogP contribution in [-0.2, 0) is 10.8 Å². The first-order valence-electron chi connectivity index (χ1n) is 22.8. The van der Waals surface area contributed by atoms with Crippen molar-refractivity contribution in [1.82, 2.24) is 0 Å². The van der Waals surface area contributed by atoms with Crippen molar-refractivity contribution >= 4 is 38.5 Å². The third-order valence-corrected chi connectivity index (χ3v) is 15.2. The van der Waals surface area contributed by atoms with Crippen LogP contribution in [0.2, 0.25) is 0 Å². The van der Waals surface area contributed by atoms with Crippen LogP contribution in [0.4, 0.5) is 17.1 Å². The summed E-state index contributed by atoms with van der Waals surface area (Å²) in [5.74, 6) is 0. The molecular weight excluding hydrogens is 815 g/mol. The molecule has 0 unspecified atom stereocenters. The molecule has 0 fully saturated rings. The highest BCUT2D eigenvalue weighted by molar-refractivity contribution is 7.17. The molecule has 66 heavy (non-hydrogen) atoms. The van der Waals surface area contributed by atoms with Gasteiger partial charge < -0.3 is 4.90 Å². The van der Waals surface area contributed by atoms with Crippen LogP contribution in [0.1, 0.15) is 44.5 Å². The molecule has 0 atom stereocenters. The summed E-state index contributed by atoms with van der Waals surface area (Å²) >= 11 is 1.79. The highest BCUT2D eigenvalue weighted by Gasteiger charge is 2.51. The second-order valence-corrected chi connectivity index (χ2v) is 18.5. The predicted molar refractivity (Wildman–Crippen MR) is 277 cm³/mol. The lowest BCUT2D eigenvalue weighted by Gasteiger charge is -2.40. The van der Waals surface area contributed by atoms with Gasteiger partial charge in [-0.2, -0.15) is 0 Å². The van der Waals surface area contributed by atoms with Gasteiger partial charge >= 0.3 is 0 Å². The number of thiophene rings is 1. The fraction of sp³-hybridized carbons (Fsp3) is 0.0312. The van der Waals surface area contributed by atoms with Gasteiger partial charge in [-0.15, -0.1) is 11.3 Å². The maximum absolute atomic E-state index is 2.60. The lowest BCUT2D eigenvalue weighted by molar-refractivity contribution is 0.761. The van der Waals surface area contributed by atoms with Gasteiger partial charge in [0.2, 0.25) is 0 Å². The Labute approximate surface area is 390 Å². The van der Waals surface area contributed by atoms with E-state index >= 15 is 0 Å². The van der Waals surface area contributed by atoms with Crippen LogP contribution in [0.25, 0.3) is 43.5 Å². The summed E-state index contributed by atoms with van der Waals surface area (Å²) in [5.41, 5.74) is 19.6. The minimum Gasteiger partial charge on any atom is -0.310 e. The van der Waals surface area contributed by atoms with Crippen LogP contribution >= 0.6 is 11.3 Å². The number of hydrogen-bond donors (Lipinski definition) is 0. The van der Waals surface area contributed by atoms with Gasteiger partial charge in [-0.05, 0) is 114 Å². The topological polar surface area (TPSA) is 3.24 Å². The Morgan fingerprint density at radius 3 is 1.20 bits per heavy atom. The number of benzene rings is 10. The molecule has 13 rings (SSSR count). The van der Waals surface area contributed by atoms with E-state index in [1.807, 2.05) is 0 Å². The molecule has 0 bridgehead atoms. The summed E-state index contributed by atoms with van der Waals surface area (Å²) in [6.07, 6.45) is 0. The first kappa shape index (κ1) is 38.4. The Kier molecular flexibility index (Phi) is 8.91. The molecule has 1 heterocycles. The molecule has 2 aliphatic rings. The summed E-state index contributed by atoms with van der Waals surface area (Å²) in [4.78, 5) is 2.60. The van der Waals surface area contributed by atoms with E-state index in [9.17, 15) is 0 Å². The SMILES string of the molecule is c1ccc(C2(c3ccccc3)c3ccccc3-c3cccc(N(c4ccc(-c5ccc6ccsc6c5)cc4)c4cccc5c4C(c4ccccc4)(c4ccccc4)c4ccccc4-5)c32)cc1. The van der Waals surface area contributed by atoms with E-state index in [1.54, 1.807) is 11.3 Å². The molecule has 0 aliphatic heterocycles. The number of nitrogens with zero attached hydrogens (tertiary/aromatic N) is 1. The number of fused-ring (bicyclic) bond motifs is 7. The summed E-state index contributed by atoms with van der Waals surface area (Å²) < 4.78 is 1.30. The molecule has 0 saturated heterocycles. The third kappa shape index (κ3) is 5.52. The van der Waals surface area contributed by atoms with Crippen LogP contribution in [0.15, 0.2) is 260 Å². The van der Waals surface area contributed by atoms with E-state index in [4.69, 9.17) is 0 Å². The van der Waals surface area contributed by atoms with Gasteiger partial charge in [-0.3, -0.25) is 0 Å². The minimum absolute atomic E-state index is 0.629. The standard InChI is InChI=1S/C64H43NS/c1-5-19-47(20-6-1)63(48-21-7-2-8-22-48)56-31-15-13-27-52(56)54-29-17-33-58(61(54)63)65(51-39-37-44(38-40-51)46-36-35-45-41-42-66-60(45)43-46)59-34-18-30-55-53-28-14-16-32-57(53)64(62(55)59,49-23-9-3-10-24-49)50-25-11-4-12-26-50/h1-43H. The minimum atomic E-state index is -0.629. The van der Waals surface area contributed by atoms with Gasteiger partial charge in [0.1, 0.15) is 0 Å². The molecule has 0 N–H and O–H groups in total. The fourth-order valence-electron chi connectivity index (χ4n) is 11.7. The Morgan fingerprint density at radius 2 is 0.727 bits per heavy atom. The Morgan fingerprint density at radius 1 is 0.318 bits per heavy atom. The van der Waals surface area contributed by atoms with Crippen molar-refractivity contribution in [2.24, 2.45) is 0 Å². The van der Waals surface area contributed by atoms with Gasteiger partial charge in [0, 0.05) is 21.5 Å². The first-order valence-corrected chi connectivity index (χ1v) is 23.7. The lowest BCUT2D eigenvalue weighted by atomic mass is 9.66. The smallest absolute Gasteiger partial charge is 0.0734 e. The van der Waals surface area contributed by atoms with Crippen LogP contribution in [-0.4, -0.2) is 0 Å². The number of anilines is 3. The lowest BCUT2D eigenvalue weighted by Crippen LogP contribution is -2.32. The summed E-state index contributed by atoms with van der Waals surface area (Å²) in [6, 6.07) is 95.2. The Bertz CT molecular complexity index is 3310. The molecule has 2 aliphatic carbocycles. The molecule has 0 spiro atoms. The Balaban J connectivity index is 1.16. The largest absolute Gasteiger partial charge is 0.310 e. The van der Waals surface area contributed by atoms with Gasteiger partial charge in [0.15, 0.2) is 0 Å². The molecule has 0 amide bonds. The van der Waals surface area contributed by atoms with Crippen LogP contribution in [0.5, 0.6) is 0 Å². The average molecular weight is 858 g/mol. The zero-order chi connectivity index (χ0) is 43.7. The highest BCUT2D eigenvalue weighted by atomic mass is 32.1. The summed E-state index contributed by atoms with van der Waals surface area (Å²) in [6.45, 7) is 0. The second-order valence-electron chi connectivity index (χ2n) is 17.5. The summed E-state index contributed by atoms with van der Waals surface area (Å²) in [5, 5.41) is 3.46. The monoisotopic (exact) mass is 857 g/mol. The zero-order valence-electron chi connectivity index (χ0n) is 36.2. The van der Waals surface area contributed by atoms with E-state index in [2.05, 4.69) is 265 Å². The van der Waals surface area contributed by atoms with E-state index < -0.39 is 10.8 Å². The van der Waals surface area contributed by atoms with Gasteiger partial charge in [0.25, 0.3) is 0 Å². The van der Waals surface area contributed by atoms with E-state index in [0.717, 1.165) is 17.1 Å². The molecular formula is C64H43NS. The average Bonchev–Trinajstić information content (AvgIpc) is 4.09. The molecule has 10 aromatic carbocycles. The van der Waals surface area contributed by atoms with Gasteiger partial charge in [-0.1, -0.05) is 218 Å². The van der Waals surface area contributed by atoms with Gasteiger partial charge in [0.05, 0.1) is 22.2 Å². The number of rotatable bonds is 8. The molecule has 2 heteroatoms. The van der Waals surface area contributed by atoms with Crippen molar-refractivity contribution in [2.75, 3.05) is 4.90 Å². The Hall–Kier alpha value is -8.04. The molecule has 1 nitrogen and oxygen atoms in total. The zero-order valence-corrected chi connectivity index (χ0v) is 37.0. The molecule has 1 aromatic heterocycles. The summed E-state index contributed by atoms with van der Waals surface area (Å²) in [7, 11) is 0. The van der Waals surface area contributed by atoms with Crippen molar-refractivity contribution in [2.45, 2.75) is 10.8 Å². The van der Waals surface area contributed by atoms with Crippen molar-refractivity contribution in [3.8, 4) is 33.4 Å². The van der Waals surface area contributed by atoms with E-state index in [-0.39, 0.29) is 0 Å². The molecule has 310 valence electrons. The van der Waals surface area contributed by atoms with E-state index in [0.29, 0.717) is 0 Å². The van der Waals surface area contributed by atoms with Crippen LogP contribution in [0, 0.1) is 0 Å². The fourth-order valence-corrected chi connectivity index (χ4v) is 12.5. The highest BCUT2D eigenvalue weighted by Crippen LogP contribution is 2.63. The molecule has 0 radical (unpaired) electrons. The first-order chi connectivity index (χ1) is 32.8. The van der Waals surface area contributed by atoms with Crippen LogP contribution < -0.4 is 4.90 Å². The van der Waals surface area contributed by atoms with Crippen molar-refractivity contribution in [1.29, 1.82) is 0 Å².